The quantitative estimate of drug-likeness (QED) is 0.748. The summed E-state index contributed by atoms with van der Waals surface area (Å²) < 4.78 is 31.8. The fourth-order valence-electron chi connectivity index (χ4n) is 1.83. The molecule has 1 aromatic carbocycles. The summed E-state index contributed by atoms with van der Waals surface area (Å²) in [4.78, 5) is 0.111. The highest BCUT2D eigenvalue weighted by Gasteiger charge is 2.30. The van der Waals surface area contributed by atoms with Gasteiger partial charge in [-0.15, -0.1) is 0 Å². The van der Waals surface area contributed by atoms with E-state index < -0.39 is 10.0 Å². The van der Waals surface area contributed by atoms with Crippen molar-refractivity contribution in [1.29, 1.82) is 0 Å². The minimum Gasteiger partial charge on any atom is -0.375 e. The second-order valence-corrected chi connectivity index (χ2v) is 7.57. The first-order valence-electron chi connectivity index (χ1n) is 5.57. The summed E-state index contributed by atoms with van der Waals surface area (Å²) in [6.07, 6.45) is -0.141. The molecule has 1 heterocycles. The maximum Gasteiger partial charge on any atom is 0.243 e. The van der Waals surface area contributed by atoms with Gasteiger partial charge in [0.25, 0.3) is 0 Å². The van der Waals surface area contributed by atoms with E-state index >= 15 is 0 Å². The summed E-state index contributed by atoms with van der Waals surface area (Å²) >= 11 is 15.0. The SMILES string of the molecule is O=S(=O)(c1cc(Cl)cc(Cl)c1)N1CCOC(CBr)C1. The maximum absolute atomic E-state index is 12.5. The van der Waals surface area contributed by atoms with Gasteiger partial charge in [0.1, 0.15) is 0 Å². The molecule has 0 aliphatic carbocycles. The van der Waals surface area contributed by atoms with Crippen molar-refractivity contribution >= 4 is 49.2 Å². The van der Waals surface area contributed by atoms with Crippen LogP contribution in [0.15, 0.2) is 23.1 Å². The second-order valence-electron chi connectivity index (χ2n) is 4.12. The lowest BCUT2D eigenvalue weighted by Crippen LogP contribution is -2.46. The predicted molar refractivity (Wildman–Crippen MR) is 78.8 cm³/mol. The molecule has 2 rings (SSSR count). The molecule has 106 valence electrons. The zero-order chi connectivity index (χ0) is 14.0. The van der Waals surface area contributed by atoms with Crippen LogP contribution >= 0.6 is 39.1 Å². The van der Waals surface area contributed by atoms with Crippen molar-refractivity contribution in [2.75, 3.05) is 25.0 Å². The van der Waals surface area contributed by atoms with Gasteiger partial charge in [0, 0.05) is 28.5 Å². The molecule has 1 aromatic rings. The molecule has 1 atom stereocenters. The summed E-state index contributed by atoms with van der Waals surface area (Å²) in [6, 6.07) is 4.31. The number of hydrogen-bond acceptors (Lipinski definition) is 3. The molecule has 19 heavy (non-hydrogen) atoms. The van der Waals surface area contributed by atoms with Gasteiger partial charge in [-0.25, -0.2) is 8.42 Å². The Balaban J connectivity index is 2.31. The number of benzene rings is 1. The topological polar surface area (TPSA) is 46.6 Å². The van der Waals surface area contributed by atoms with Crippen molar-refractivity contribution in [3.8, 4) is 0 Å². The monoisotopic (exact) mass is 387 g/mol. The summed E-state index contributed by atoms with van der Waals surface area (Å²) in [6.45, 7) is 1.03. The molecule has 1 saturated heterocycles. The molecule has 0 aromatic heterocycles. The molecule has 0 amide bonds. The van der Waals surface area contributed by atoms with E-state index in [4.69, 9.17) is 27.9 Å². The van der Waals surface area contributed by atoms with E-state index in [0.717, 1.165) is 0 Å². The molecule has 0 N–H and O–H groups in total. The molecule has 1 aliphatic heterocycles. The molecule has 0 radical (unpaired) electrons. The fraction of sp³-hybridized carbons (Fsp3) is 0.455. The molecule has 1 fully saturated rings. The van der Waals surface area contributed by atoms with Crippen molar-refractivity contribution in [3.63, 3.8) is 0 Å². The second kappa shape index (κ2) is 6.28. The Morgan fingerprint density at radius 1 is 1.32 bits per heavy atom. The van der Waals surface area contributed by atoms with Gasteiger partial charge in [0.05, 0.1) is 17.6 Å². The van der Waals surface area contributed by atoms with E-state index in [0.29, 0.717) is 35.1 Å². The van der Waals surface area contributed by atoms with Crippen LogP contribution in [0.1, 0.15) is 0 Å². The highest BCUT2D eigenvalue weighted by Crippen LogP contribution is 2.26. The van der Waals surface area contributed by atoms with Gasteiger partial charge in [-0.3, -0.25) is 0 Å². The largest absolute Gasteiger partial charge is 0.375 e. The third kappa shape index (κ3) is 3.62. The Kier molecular flexibility index (Phi) is 5.14. The molecular weight excluding hydrogens is 377 g/mol. The van der Waals surface area contributed by atoms with Crippen LogP contribution < -0.4 is 0 Å². The zero-order valence-electron chi connectivity index (χ0n) is 9.85. The molecule has 1 unspecified atom stereocenters. The van der Waals surface area contributed by atoms with Crippen molar-refractivity contribution < 1.29 is 13.2 Å². The number of hydrogen-bond donors (Lipinski definition) is 0. The van der Waals surface area contributed by atoms with Crippen LogP contribution in [0.25, 0.3) is 0 Å². The van der Waals surface area contributed by atoms with Crippen LogP contribution in [-0.2, 0) is 14.8 Å². The first-order valence-corrected chi connectivity index (χ1v) is 8.89. The summed E-state index contributed by atoms with van der Waals surface area (Å²) in [5.74, 6) is 0. The van der Waals surface area contributed by atoms with Crippen LogP contribution in [-0.4, -0.2) is 43.9 Å². The predicted octanol–water partition coefficient (Wildman–Crippen LogP) is 2.78. The van der Waals surface area contributed by atoms with Crippen LogP contribution in [0.2, 0.25) is 10.0 Å². The number of halogens is 3. The lowest BCUT2D eigenvalue weighted by molar-refractivity contribution is 0.0137. The standard InChI is InChI=1S/C11H12BrCl2NO3S/c12-6-10-7-15(1-2-18-10)19(16,17)11-4-8(13)3-9(14)5-11/h3-5,10H,1-2,6-7H2. The van der Waals surface area contributed by atoms with Gasteiger partial charge in [0.15, 0.2) is 0 Å². The van der Waals surface area contributed by atoms with Gasteiger partial charge in [0.2, 0.25) is 10.0 Å². The minimum absolute atomic E-state index is 0.111. The Bertz CT molecular complexity index is 547. The average molecular weight is 389 g/mol. The average Bonchev–Trinajstić information content (AvgIpc) is 2.37. The minimum atomic E-state index is -3.59. The summed E-state index contributed by atoms with van der Waals surface area (Å²) in [5.41, 5.74) is 0. The Morgan fingerprint density at radius 3 is 2.53 bits per heavy atom. The number of ether oxygens (including phenoxy) is 1. The van der Waals surface area contributed by atoms with E-state index in [1.165, 1.54) is 22.5 Å². The van der Waals surface area contributed by atoms with Crippen molar-refractivity contribution in [3.05, 3.63) is 28.2 Å². The number of alkyl halides is 1. The Morgan fingerprint density at radius 2 is 1.95 bits per heavy atom. The Hall–Kier alpha value is 0.150. The Labute approximate surface area is 130 Å². The van der Waals surface area contributed by atoms with Crippen LogP contribution in [0, 0.1) is 0 Å². The molecule has 0 spiro atoms. The highest BCUT2D eigenvalue weighted by atomic mass is 79.9. The van der Waals surface area contributed by atoms with Crippen LogP contribution in [0.5, 0.6) is 0 Å². The normalized spacial score (nSPS) is 21.5. The first kappa shape index (κ1) is 15.5. The van der Waals surface area contributed by atoms with Gasteiger partial charge >= 0.3 is 0 Å². The lowest BCUT2D eigenvalue weighted by atomic mass is 10.3. The van der Waals surface area contributed by atoms with Crippen LogP contribution in [0.3, 0.4) is 0 Å². The van der Waals surface area contributed by atoms with E-state index in [2.05, 4.69) is 15.9 Å². The van der Waals surface area contributed by atoms with Gasteiger partial charge in [-0.1, -0.05) is 39.1 Å². The third-order valence-electron chi connectivity index (χ3n) is 2.75. The molecule has 4 nitrogen and oxygen atoms in total. The molecule has 8 heteroatoms. The third-order valence-corrected chi connectivity index (χ3v) is 5.75. The zero-order valence-corrected chi connectivity index (χ0v) is 13.8. The molecule has 0 saturated carbocycles. The van der Waals surface area contributed by atoms with Gasteiger partial charge in [-0.2, -0.15) is 4.31 Å². The maximum atomic E-state index is 12.5. The number of sulfonamides is 1. The molecule has 0 bridgehead atoms. The van der Waals surface area contributed by atoms with Crippen molar-refractivity contribution in [2.24, 2.45) is 0 Å². The lowest BCUT2D eigenvalue weighted by Gasteiger charge is -2.31. The summed E-state index contributed by atoms with van der Waals surface area (Å²) in [7, 11) is -3.59. The van der Waals surface area contributed by atoms with Gasteiger partial charge in [-0.05, 0) is 18.2 Å². The first-order chi connectivity index (χ1) is 8.93. The number of nitrogens with zero attached hydrogens (tertiary/aromatic N) is 1. The summed E-state index contributed by atoms with van der Waals surface area (Å²) in [5, 5.41) is 1.20. The number of morpholine rings is 1. The smallest absolute Gasteiger partial charge is 0.243 e. The number of rotatable bonds is 3. The van der Waals surface area contributed by atoms with E-state index in [9.17, 15) is 8.42 Å². The van der Waals surface area contributed by atoms with Crippen LogP contribution in [0.4, 0.5) is 0 Å². The van der Waals surface area contributed by atoms with Gasteiger partial charge < -0.3 is 4.74 Å². The van der Waals surface area contributed by atoms with Crippen molar-refractivity contribution in [2.45, 2.75) is 11.0 Å². The van der Waals surface area contributed by atoms with E-state index in [1.54, 1.807) is 0 Å². The van der Waals surface area contributed by atoms with E-state index in [-0.39, 0.29) is 11.0 Å². The molecular formula is C11H12BrCl2NO3S. The van der Waals surface area contributed by atoms with Crippen molar-refractivity contribution in [1.82, 2.24) is 4.31 Å². The fourth-order valence-corrected chi connectivity index (χ4v) is 4.40. The molecule has 1 aliphatic rings. The highest BCUT2D eigenvalue weighted by molar-refractivity contribution is 9.09. The van der Waals surface area contributed by atoms with E-state index in [1.807, 2.05) is 0 Å².